The fourth-order valence-electron chi connectivity index (χ4n) is 8.48. The van der Waals surface area contributed by atoms with Gasteiger partial charge >= 0.3 is 0 Å². The monoisotopic (exact) mass is 887 g/mol. The van der Waals surface area contributed by atoms with Crippen LogP contribution in [0.25, 0.3) is 20.8 Å². The number of aromatic nitrogens is 1. The maximum Gasteiger partial charge on any atom is 0.124 e. The molecule has 334 valence electrons. The summed E-state index contributed by atoms with van der Waals surface area (Å²) >= 11 is 9.84. The molecule has 0 saturated heterocycles. The van der Waals surface area contributed by atoms with E-state index in [0.29, 0.717) is 10.9 Å². The van der Waals surface area contributed by atoms with E-state index in [2.05, 4.69) is 235 Å². The molecule has 0 N–H and O–H groups in total. The third-order valence-electron chi connectivity index (χ3n) is 12.6. The van der Waals surface area contributed by atoms with Crippen LogP contribution in [0.5, 0.6) is 0 Å². The molecule has 1 unspecified atom stereocenters. The van der Waals surface area contributed by atoms with Gasteiger partial charge in [0.05, 0.1) is 26.6 Å². The zero-order chi connectivity index (χ0) is 46.5. The molecule has 1 aromatic heterocycles. The van der Waals surface area contributed by atoms with Crippen LogP contribution < -0.4 is 9.80 Å². The number of halogens is 1. The number of anilines is 6. The standard InChI is InChI=1S/C59H70ClN3S/c1-16-18-39(3)40-23-27-46(28-24-40)62(47-20-17-19-43(33-47)57(7,8)9)51-35-45(59(13,14)15)36-52(54(51)60)63(49-32-38(2)31-44(34-49)58(10,11)12)48-29-30-50-53(37-48)64-55(61-50)41-21-25-42(26-22-41)56(4,5)6/h17,19-37,39H,16,18H2,1-15H3. The van der Waals surface area contributed by atoms with Crippen LogP contribution in [0.2, 0.25) is 5.02 Å². The smallest absolute Gasteiger partial charge is 0.124 e. The lowest BCUT2D eigenvalue weighted by molar-refractivity contribution is 0.589. The van der Waals surface area contributed by atoms with Gasteiger partial charge in [0.2, 0.25) is 0 Å². The van der Waals surface area contributed by atoms with Gasteiger partial charge in [0, 0.05) is 28.3 Å². The average Bonchev–Trinajstić information content (AvgIpc) is 3.65. The van der Waals surface area contributed by atoms with E-state index in [0.717, 1.165) is 67.8 Å². The van der Waals surface area contributed by atoms with Gasteiger partial charge in [-0.15, -0.1) is 11.3 Å². The summed E-state index contributed by atoms with van der Waals surface area (Å²) in [4.78, 5) is 9.93. The molecule has 0 bridgehead atoms. The van der Waals surface area contributed by atoms with Crippen molar-refractivity contribution in [3.8, 4) is 10.6 Å². The summed E-state index contributed by atoms with van der Waals surface area (Å²) in [6.45, 7) is 34.2. The van der Waals surface area contributed by atoms with Gasteiger partial charge in [-0.2, -0.15) is 0 Å². The normalized spacial score (nSPS) is 13.1. The number of hydrogen-bond acceptors (Lipinski definition) is 4. The van der Waals surface area contributed by atoms with Gasteiger partial charge in [-0.3, -0.25) is 0 Å². The number of hydrogen-bond donors (Lipinski definition) is 0. The van der Waals surface area contributed by atoms with Crippen molar-refractivity contribution >= 4 is 67.3 Å². The van der Waals surface area contributed by atoms with E-state index in [1.54, 1.807) is 11.3 Å². The van der Waals surface area contributed by atoms with Crippen molar-refractivity contribution in [2.45, 2.75) is 144 Å². The zero-order valence-corrected chi connectivity index (χ0v) is 42.7. The Kier molecular flexibility index (Phi) is 13.1. The fourth-order valence-corrected chi connectivity index (χ4v) is 9.77. The van der Waals surface area contributed by atoms with Crippen molar-refractivity contribution in [1.82, 2.24) is 4.98 Å². The Morgan fingerprint density at radius 2 is 1.08 bits per heavy atom. The van der Waals surface area contributed by atoms with Crippen LogP contribution in [-0.4, -0.2) is 4.98 Å². The van der Waals surface area contributed by atoms with Gasteiger partial charge in [0.15, 0.2) is 0 Å². The number of benzene rings is 6. The van der Waals surface area contributed by atoms with Crippen LogP contribution in [0.4, 0.5) is 34.1 Å². The quantitative estimate of drug-likeness (QED) is 0.136. The predicted molar refractivity (Wildman–Crippen MR) is 282 cm³/mol. The van der Waals surface area contributed by atoms with Crippen LogP contribution in [0.3, 0.4) is 0 Å². The summed E-state index contributed by atoms with van der Waals surface area (Å²) < 4.78 is 1.13. The summed E-state index contributed by atoms with van der Waals surface area (Å²) in [5.41, 5.74) is 15.6. The first-order valence-electron chi connectivity index (χ1n) is 23.2. The highest BCUT2D eigenvalue weighted by Gasteiger charge is 2.29. The Morgan fingerprint density at radius 3 is 1.66 bits per heavy atom. The first kappa shape index (κ1) is 47.1. The molecule has 0 aliphatic heterocycles. The summed E-state index contributed by atoms with van der Waals surface area (Å²) in [6, 6.07) is 45.4. The average molecular weight is 889 g/mol. The number of aryl methyl sites for hydroxylation is 1. The summed E-state index contributed by atoms with van der Waals surface area (Å²) in [5, 5.41) is 1.70. The van der Waals surface area contributed by atoms with Crippen LogP contribution >= 0.6 is 22.9 Å². The van der Waals surface area contributed by atoms with E-state index >= 15 is 0 Å². The molecular formula is C59H70ClN3S. The van der Waals surface area contributed by atoms with Gasteiger partial charge in [-0.1, -0.05) is 170 Å². The summed E-state index contributed by atoms with van der Waals surface area (Å²) in [7, 11) is 0. The van der Waals surface area contributed by atoms with Crippen molar-refractivity contribution in [2.75, 3.05) is 9.80 Å². The Morgan fingerprint density at radius 1 is 0.547 bits per heavy atom. The van der Waals surface area contributed by atoms with Gasteiger partial charge in [-0.25, -0.2) is 4.98 Å². The lowest BCUT2D eigenvalue weighted by Crippen LogP contribution is -2.20. The first-order chi connectivity index (χ1) is 29.9. The lowest BCUT2D eigenvalue weighted by Gasteiger charge is -2.34. The minimum Gasteiger partial charge on any atom is -0.309 e. The van der Waals surface area contributed by atoms with Crippen LogP contribution in [0, 0.1) is 6.92 Å². The van der Waals surface area contributed by atoms with E-state index in [9.17, 15) is 0 Å². The van der Waals surface area contributed by atoms with E-state index in [4.69, 9.17) is 16.6 Å². The largest absolute Gasteiger partial charge is 0.309 e. The number of nitrogens with zero attached hydrogens (tertiary/aromatic N) is 3. The van der Waals surface area contributed by atoms with Gasteiger partial charge in [0.25, 0.3) is 0 Å². The first-order valence-corrected chi connectivity index (χ1v) is 24.4. The van der Waals surface area contributed by atoms with Gasteiger partial charge in [-0.05, 0) is 141 Å². The molecule has 0 saturated carbocycles. The summed E-state index contributed by atoms with van der Waals surface area (Å²) in [6.07, 6.45) is 2.31. The maximum absolute atomic E-state index is 8.10. The molecule has 0 aliphatic rings. The lowest BCUT2D eigenvalue weighted by atomic mass is 9.85. The SMILES string of the molecule is CCCC(C)c1ccc(N(c2cccc(C(C)(C)C)c2)c2cc(C(C)(C)C)cc(N(c3cc(C)cc(C(C)(C)C)c3)c3ccc4nc(-c5ccc(C(C)(C)C)cc5)sc4c3)c2Cl)cc1. The van der Waals surface area contributed by atoms with Crippen LogP contribution in [-0.2, 0) is 21.7 Å². The topological polar surface area (TPSA) is 19.4 Å². The zero-order valence-electron chi connectivity index (χ0n) is 41.2. The van der Waals surface area contributed by atoms with Crippen molar-refractivity contribution in [3.63, 3.8) is 0 Å². The number of rotatable bonds is 10. The number of fused-ring (bicyclic) bond motifs is 1. The minimum atomic E-state index is -0.194. The second kappa shape index (κ2) is 17.8. The predicted octanol–water partition coefficient (Wildman–Crippen LogP) is 19.0. The Labute approximate surface area is 394 Å². The van der Waals surface area contributed by atoms with E-state index in [1.807, 2.05) is 0 Å². The van der Waals surface area contributed by atoms with Crippen molar-refractivity contribution in [2.24, 2.45) is 0 Å². The molecule has 0 fully saturated rings. The molecule has 1 heterocycles. The van der Waals surface area contributed by atoms with Gasteiger partial charge < -0.3 is 9.80 Å². The summed E-state index contributed by atoms with van der Waals surface area (Å²) in [5.74, 6) is 0.484. The molecular weight excluding hydrogens is 818 g/mol. The van der Waals surface area contributed by atoms with Crippen LogP contribution in [0.1, 0.15) is 149 Å². The third kappa shape index (κ3) is 10.1. The van der Waals surface area contributed by atoms with Crippen molar-refractivity contribution in [3.05, 3.63) is 160 Å². The van der Waals surface area contributed by atoms with E-state index in [1.165, 1.54) is 33.4 Å². The van der Waals surface area contributed by atoms with E-state index in [-0.39, 0.29) is 21.7 Å². The number of thiazole rings is 1. The molecule has 0 aliphatic carbocycles. The fraction of sp³-hybridized carbons (Fsp3) is 0.373. The second-order valence-corrected chi connectivity index (χ2v) is 23.5. The second-order valence-electron chi connectivity index (χ2n) is 22.1. The molecule has 64 heavy (non-hydrogen) atoms. The molecule has 3 nitrogen and oxygen atoms in total. The highest BCUT2D eigenvalue weighted by molar-refractivity contribution is 7.21. The molecule has 5 heteroatoms. The van der Waals surface area contributed by atoms with Crippen molar-refractivity contribution in [1.29, 1.82) is 0 Å². The highest BCUT2D eigenvalue weighted by Crippen LogP contribution is 2.50. The maximum atomic E-state index is 8.10. The Hall–Kier alpha value is -4.90. The van der Waals surface area contributed by atoms with Gasteiger partial charge in [0.1, 0.15) is 5.01 Å². The molecule has 6 aromatic carbocycles. The van der Waals surface area contributed by atoms with Crippen molar-refractivity contribution < 1.29 is 0 Å². The Bertz CT molecular complexity index is 2750. The van der Waals surface area contributed by atoms with Crippen LogP contribution in [0.15, 0.2) is 121 Å². The molecule has 0 spiro atoms. The third-order valence-corrected chi connectivity index (χ3v) is 14.1. The molecule has 7 rings (SSSR count). The molecule has 0 radical (unpaired) electrons. The highest BCUT2D eigenvalue weighted by atomic mass is 35.5. The molecule has 0 amide bonds. The van der Waals surface area contributed by atoms with E-state index < -0.39 is 0 Å². The Balaban J connectivity index is 1.50. The molecule has 7 aromatic rings. The molecule has 1 atom stereocenters. The minimum absolute atomic E-state index is 0.0406.